The topological polar surface area (TPSA) is 123 Å². The summed E-state index contributed by atoms with van der Waals surface area (Å²) in [7, 11) is 1.26. The number of ether oxygens (including phenoxy) is 2. The molecule has 0 aliphatic heterocycles. The third kappa shape index (κ3) is 5.61. The highest BCUT2D eigenvalue weighted by atomic mass is 16.5. The van der Waals surface area contributed by atoms with Gasteiger partial charge in [0.05, 0.1) is 18.7 Å². The van der Waals surface area contributed by atoms with Gasteiger partial charge in [0, 0.05) is 7.05 Å². The van der Waals surface area contributed by atoms with E-state index in [1.807, 2.05) is 19.9 Å². The zero-order valence-electron chi connectivity index (χ0n) is 19.3. The Morgan fingerprint density at radius 1 is 1.00 bits per heavy atom. The minimum atomic E-state index is -0.848. The molecule has 0 saturated carbocycles. The molecule has 0 fully saturated rings. The molecule has 0 atom stereocenters. The maximum atomic E-state index is 12.8. The molecule has 178 valence electrons. The molecule has 2 N–H and O–H groups in total. The average Bonchev–Trinajstić information content (AvgIpc) is 2.83. The number of nitrogen functional groups attached to an aromatic ring is 1. The largest absolute Gasteiger partial charge is 0.493 e. The number of ketones is 1. The van der Waals surface area contributed by atoms with Crippen molar-refractivity contribution in [3.05, 3.63) is 92.1 Å². The maximum Gasteiger partial charge on any atom is 0.338 e. The summed E-state index contributed by atoms with van der Waals surface area (Å²) in [5.41, 5.74) is 5.15. The van der Waals surface area contributed by atoms with Gasteiger partial charge in [-0.2, -0.15) is 0 Å². The number of anilines is 1. The fraction of sp³-hybridized carbons (Fsp3) is 0.280. The first kappa shape index (κ1) is 24.5. The molecule has 0 aliphatic rings. The lowest BCUT2D eigenvalue weighted by Gasteiger charge is -2.15. The molecule has 34 heavy (non-hydrogen) atoms. The lowest BCUT2D eigenvalue weighted by Crippen LogP contribution is -2.43. The maximum absolute atomic E-state index is 12.8. The van der Waals surface area contributed by atoms with E-state index in [1.54, 1.807) is 36.4 Å². The van der Waals surface area contributed by atoms with Crippen LogP contribution in [0.15, 0.2) is 64.2 Å². The minimum Gasteiger partial charge on any atom is -0.493 e. The standard InChI is InChI=1S/C25H27N3O6/c1-16(2)14-33-19-11-9-18(10-12-19)24(31)34-15-20(29)21-22(26)28(25(32)27(3)23(21)30)13-17-7-5-4-6-8-17/h4-12,16H,13-15,26H2,1-3H3. The molecule has 1 heterocycles. The smallest absolute Gasteiger partial charge is 0.338 e. The fourth-order valence-corrected chi connectivity index (χ4v) is 3.20. The van der Waals surface area contributed by atoms with Crippen LogP contribution in [0.25, 0.3) is 0 Å². The van der Waals surface area contributed by atoms with Crippen molar-refractivity contribution in [2.24, 2.45) is 13.0 Å². The van der Waals surface area contributed by atoms with Crippen molar-refractivity contribution < 1.29 is 19.1 Å². The quantitative estimate of drug-likeness (QED) is 0.380. The Bertz CT molecular complexity index is 1290. The van der Waals surface area contributed by atoms with E-state index in [0.717, 1.165) is 14.7 Å². The van der Waals surface area contributed by atoms with E-state index in [2.05, 4.69) is 0 Å². The van der Waals surface area contributed by atoms with Gasteiger partial charge in [-0.05, 0) is 35.7 Å². The van der Waals surface area contributed by atoms with Gasteiger partial charge in [-0.1, -0.05) is 44.2 Å². The number of nitrogens with zero attached hydrogens (tertiary/aromatic N) is 2. The third-order valence-corrected chi connectivity index (χ3v) is 5.05. The van der Waals surface area contributed by atoms with Crippen molar-refractivity contribution in [1.29, 1.82) is 0 Å². The molecular weight excluding hydrogens is 438 g/mol. The van der Waals surface area contributed by atoms with Crippen LogP contribution in [-0.2, 0) is 18.3 Å². The van der Waals surface area contributed by atoms with E-state index in [1.165, 1.54) is 19.2 Å². The number of Topliss-reactive ketones (excluding diaryl/α,β-unsaturated/α-hetero) is 1. The third-order valence-electron chi connectivity index (χ3n) is 5.05. The van der Waals surface area contributed by atoms with Crippen molar-refractivity contribution in [1.82, 2.24) is 9.13 Å². The second-order valence-electron chi connectivity index (χ2n) is 8.21. The van der Waals surface area contributed by atoms with Crippen LogP contribution in [0.5, 0.6) is 5.75 Å². The van der Waals surface area contributed by atoms with Crippen LogP contribution >= 0.6 is 0 Å². The van der Waals surface area contributed by atoms with Gasteiger partial charge in [0.15, 0.2) is 6.61 Å². The monoisotopic (exact) mass is 465 g/mol. The second-order valence-corrected chi connectivity index (χ2v) is 8.21. The first-order valence-electron chi connectivity index (χ1n) is 10.8. The number of benzene rings is 2. The molecule has 3 rings (SSSR count). The number of esters is 1. The first-order valence-corrected chi connectivity index (χ1v) is 10.8. The Balaban J connectivity index is 1.76. The van der Waals surface area contributed by atoms with Crippen LogP contribution in [0, 0.1) is 5.92 Å². The molecule has 0 aliphatic carbocycles. The van der Waals surface area contributed by atoms with Crippen LogP contribution in [0.4, 0.5) is 5.82 Å². The summed E-state index contributed by atoms with van der Waals surface area (Å²) in [6.07, 6.45) is 0. The van der Waals surface area contributed by atoms with Crippen LogP contribution in [0.2, 0.25) is 0 Å². The van der Waals surface area contributed by atoms with Crippen LogP contribution in [0.1, 0.15) is 40.1 Å². The van der Waals surface area contributed by atoms with Gasteiger partial charge in [-0.3, -0.25) is 18.7 Å². The van der Waals surface area contributed by atoms with E-state index in [9.17, 15) is 19.2 Å². The number of rotatable bonds is 9. The number of hydrogen-bond acceptors (Lipinski definition) is 7. The highest BCUT2D eigenvalue weighted by Crippen LogP contribution is 2.15. The zero-order chi connectivity index (χ0) is 24.8. The number of nitrogens with two attached hydrogens (primary N) is 1. The van der Waals surface area contributed by atoms with E-state index < -0.39 is 35.2 Å². The zero-order valence-corrected chi connectivity index (χ0v) is 19.3. The van der Waals surface area contributed by atoms with Gasteiger partial charge in [-0.25, -0.2) is 9.59 Å². The van der Waals surface area contributed by atoms with Crippen molar-refractivity contribution in [3.63, 3.8) is 0 Å². The van der Waals surface area contributed by atoms with Crippen molar-refractivity contribution in [3.8, 4) is 5.75 Å². The molecule has 9 heteroatoms. The van der Waals surface area contributed by atoms with Crippen molar-refractivity contribution in [2.45, 2.75) is 20.4 Å². The Kier molecular flexibility index (Phi) is 7.68. The SMILES string of the molecule is CC(C)COc1ccc(C(=O)OCC(=O)c2c(N)n(Cc3ccccc3)c(=O)n(C)c2=O)cc1. The summed E-state index contributed by atoms with van der Waals surface area (Å²) < 4.78 is 12.6. The number of hydrogen-bond donors (Lipinski definition) is 1. The van der Waals surface area contributed by atoms with Crippen molar-refractivity contribution >= 4 is 17.6 Å². The van der Waals surface area contributed by atoms with Crippen LogP contribution < -0.4 is 21.7 Å². The second kappa shape index (κ2) is 10.7. The average molecular weight is 466 g/mol. The normalized spacial score (nSPS) is 10.8. The summed E-state index contributed by atoms with van der Waals surface area (Å²) in [6.45, 7) is 3.96. The lowest BCUT2D eigenvalue weighted by atomic mass is 10.1. The summed E-state index contributed by atoms with van der Waals surface area (Å²) in [5.74, 6) is -0.845. The molecular formula is C25H27N3O6. The van der Waals surface area contributed by atoms with Gasteiger partial charge in [0.2, 0.25) is 5.78 Å². The summed E-state index contributed by atoms with van der Waals surface area (Å²) >= 11 is 0. The fourth-order valence-electron chi connectivity index (χ4n) is 3.20. The van der Waals surface area contributed by atoms with Gasteiger partial charge in [0.25, 0.3) is 5.56 Å². The van der Waals surface area contributed by atoms with Gasteiger partial charge in [0.1, 0.15) is 17.1 Å². The molecule has 0 spiro atoms. The van der Waals surface area contributed by atoms with Crippen molar-refractivity contribution in [2.75, 3.05) is 18.9 Å². The summed E-state index contributed by atoms with van der Waals surface area (Å²) in [4.78, 5) is 50.4. The molecule has 0 saturated heterocycles. The Morgan fingerprint density at radius 3 is 2.26 bits per heavy atom. The summed E-state index contributed by atoms with van der Waals surface area (Å²) in [5, 5.41) is 0. The van der Waals surface area contributed by atoms with E-state index >= 15 is 0 Å². The Labute approximate surface area is 196 Å². The first-order chi connectivity index (χ1) is 16.2. The van der Waals surface area contributed by atoms with E-state index in [-0.39, 0.29) is 17.9 Å². The predicted molar refractivity (Wildman–Crippen MR) is 127 cm³/mol. The van der Waals surface area contributed by atoms with Crippen LogP contribution in [-0.4, -0.2) is 34.1 Å². The predicted octanol–water partition coefficient (Wildman–Crippen LogP) is 2.25. The van der Waals surface area contributed by atoms with Gasteiger partial charge in [-0.15, -0.1) is 0 Å². The lowest BCUT2D eigenvalue weighted by molar-refractivity contribution is 0.0474. The molecule has 3 aromatic rings. The number of aromatic nitrogens is 2. The Hall–Kier alpha value is -4.14. The minimum absolute atomic E-state index is 0.0743. The summed E-state index contributed by atoms with van der Waals surface area (Å²) in [6, 6.07) is 15.3. The van der Waals surface area contributed by atoms with Gasteiger partial charge < -0.3 is 15.2 Å². The number of carbonyl (C=O) groups is 2. The molecule has 1 aromatic heterocycles. The highest BCUT2D eigenvalue weighted by molar-refractivity contribution is 6.02. The Morgan fingerprint density at radius 2 is 1.65 bits per heavy atom. The van der Waals surface area contributed by atoms with E-state index in [4.69, 9.17) is 15.2 Å². The number of carbonyl (C=O) groups excluding carboxylic acids is 2. The van der Waals surface area contributed by atoms with Gasteiger partial charge >= 0.3 is 11.7 Å². The molecule has 9 nitrogen and oxygen atoms in total. The molecule has 0 bridgehead atoms. The van der Waals surface area contributed by atoms with E-state index in [0.29, 0.717) is 18.3 Å². The highest BCUT2D eigenvalue weighted by Gasteiger charge is 2.23. The van der Waals surface area contributed by atoms with Crippen LogP contribution in [0.3, 0.4) is 0 Å². The molecule has 0 radical (unpaired) electrons. The molecule has 2 aromatic carbocycles. The molecule has 0 unspecified atom stereocenters. The molecule has 0 amide bonds.